The number of ketones is 1. The smallest absolute Gasteiger partial charge is 0.337 e. The minimum Gasteiger partial charge on any atom is -0.465 e. The van der Waals surface area contributed by atoms with Crippen molar-refractivity contribution in [3.8, 4) is 0 Å². The number of rotatable bonds is 5. The summed E-state index contributed by atoms with van der Waals surface area (Å²) in [5.74, 6) is -0.0522. The fraction of sp³-hybridized carbons (Fsp3) is 0.429. The van der Waals surface area contributed by atoms with Crippen molar-refractivity contribution in [2.45, 2.75) is 45.4 Å². The maximum Gasteiger partial charge on any atom is 0.337 e. The second-order valence-corrected chi connectivity index (χ2v) is 9.69. The number of aromatic nitrogens is 1. The van der Waals surface area contributed by atoms with Gasteiger partial charge in [-0.1, -0.05) is 30.3 Å². The summed E-state index contributed by atoms with van der Waals surface area (Å²) in [7, 11) is 1.39. The standard InChI is InChI=1S/C28H32N2O4/c1-18-14-29(15-19(2)34-18)17-22-12-13-25-26(27(22)31)23-6-4-5-7-24(23)30(25)16-20-8-10-21(11-9-20)28(32)33-3/h4-11,18-19,22H,12-17H2,1-3H3. The average Bonchev–Trinajstić information content (AvgIpc) is 3.14. The van der Waals surface area contributed by atoms with Gasteiger partial charge in [0.05, 0.1) is 24.9 Å². The van der Waals surface area contributed by atoms with Crippen LogP contribution < -0.4 is 0 Å². The second-order valence-electron chi connectivity index (χ2n) is 9.69. The van der Waals surface area contributed by atoms with Crippen LogP contribution in [-0.4, -0.2) is 60.2 Å². The van der Waals surface area contributed by atoms with E-state index in [2.05, 4.69) is 35.4 Å². The number of benzene rings is 2. The molecule has 1 aliphatic heterocycles. The molecule has 6 heteroatoms. The monoisotopic (exact) mass is 460 g/mol. The Kier molecular flexibility index (Phi) is 6.28. The van der Waals surface area contributed by atoms with Crippen molar-refractivity contribution >= 4 is 22.7 Å². The zero-order chi connectivity index (χ0) is 23.8. The van der Waals surface area contributed by atoms with E-state index in [1.54, 1.807) is 12.1 Å². The first-order chi connectivity index (χ1) is 16.4. The van der Waals surface area contributed by atoms with E-state index in [0.717, 1.165) is 60.2 Å². The van der Waals surface area contributed by atoms with Crippen molar-refractivity contribution in [1.82, 2.24) is 9.47 Å². The third-order valence-corrected chi connectivity index (χ3v) is 7.11. The average molecular weight is 461 g/mol. The summed E-state index contributed by atoms with van der Waals surface area (Å²) in [5.41, 5.74) is 4.74. The van der Waals surface area contributed by atoms with Crippen LogP contribution in [0.4, 0.5) is 0 Å². The first-order valence-corrected chi connectivity index (χ1v) is 12.1. The molecule has 0 bridgehead atoms. The fourth-order valence-corrected chi connectivity index (χ4v) is 5.68. The molecule has 1 saturated heterocycles. The molecule has 2 heterocycles. The van der Waals surface area contributed by atoms with E-state index < -0.39 is 0 Å². The largest absolute Gasteiger partial charge is 0.465 e. The van der Waals surface area contributed by atoms with Crippen LogP contribution in [-0.2, 0) is 22.4 Å². The van der Waals surface area contributed by atoms with Gasteiger partial charge in [-0.05, 0) is 50.5 Å². The lowest BCUT2D eigenvalue weighted by Gasteiger charge is -2.37. The van der Waals surface area contributed by atoms with E-state index in [-0.39, 0.29) is 29.9 Å². The number of nitrogens with zero attached hydrogens (tertiary/aromatic N) is 2. The molecule has 1 aliphatic carbocycles. The summed E-state index contributed by atoms with van der Waals surface area (Å²) >= 11 is 0. The number of para-hydroxylation sites is 1. The number of fused-ring (bicyclic) bond motifs is 3. The zero-order valence-corrected chi connectivity index (χ0v) is 20.1. The Morgan fingerprint density at radius 2 is 1.76 bits per heavy atom. The van der Waals surface area contributed by atoms with Gasteiger partial charge in [-0.2, -0.15) is 0 Å². The van der Waals surface area contributed by atoms with Gasteiger partial charge < -0.3 is 14.0 Å². The van der Waals surface area contributed by atoms with Crippen LogP contribution in [0.2, 0.25) is 0 Å². The SMILES string of the molecule is COC(=O)c1ccc(Cn2c3c(c4ccccc42)C(=O)C(CN2CC(C)OC(C)C2)CC3)cc1. The lowest BCUT2D eigenvalue weighted by Crippen LogP contribution is -2.48. The molecule has 0 amide bonds. The van der Waals surface area contributed by atoms with Crippen LogP contribution in [0.25, 0.3) is 10.9 Å². The van der Waals surface area contributed by atoms with Crippen molar-refractivity contribution in [1.29, 1.82) is 0 Å². The lowest BCUT2D eigenvalue weighted by atomic mass is 9.84. The molecule has 3 unspecified atom stereocenters. The van der Waals surface area contributed by atoms with E-state index in [0.29, 0.717) is 12.1 Å². The summed E-state index contributed by atoms with van der Waals surface area (Å²) in [6.07, 6.45) is 2.15. The quantitative estimate of drug-likeness (QED) is 0.531. The number of methoxy groups -OCH3 is 1. The Bertz CT molecular complexity index is 1200. The van der Waals surface area contributed by atoms with Crippen LogP contribution in [0, 0.1) is 5.92 Å². The third-order valence-electron chi connectivity index (χ3n) is 7.11. The Morgan fingerprint density at radius 3 is 2.47 bits per heavy atom. The number of esters is 1. The summed E-state index contributed by atoms with van der Waals surface area (Å²) in [6.45, 7) is 7.43. The minimum atomic E-state index is -0.337. The zero-order valence-electron chi connectivity index (χ0n) is 20.1. The van der Waals surface area contributed by atoms with Gasteiger partial charge in [0.25, 0.3) is 0 Å². The molecule has 34 heavy (non-hydrogen) atoms. The van der Waals surface area contributed by atoms with Gasteiger partial charge in [0, 0.05) is 54.3 Å². The maximum absolute atomic E-state index is 13.8. The van der Waals surface area contributed by atoms with Crippen molar-refractivity contribution < 1.29 is 19.1 Å². The molecule has 2 aromatic carbocycles. The molecule has 178 valence electrons. The van der Waals surface area contributed by atoms with Gasteiger partial charge in [0.15, 0.2) is 5.78 Å². The van der Waals surface area contributed by atoms with Crippen LogP contribution in [0.5, 0.6) is 0 Å². The summed E-state index contributed by atoms with van der Waals surface area (Å²) < 4.78 is 13.0. The molecule has 0 radical (unpaired) electrons. The van der Waals surface area contributed by atoms with E-state index in [9.17, 15) is 9.59 Å². The number of Topliss-reactive ketones (excluding diaryl/α,β-unsaturated/α-hetero) is 1. The predicted molar refractivity (Wildman–Crippen MR) is 131 cm³/mol. The maximum atomic E-state index is 13.8. The highest BCUT2D eigenvalue weighted by molar-refractivity contribution is 6.11. The topological polar surface area (TPSA) is 60.8 Å². The van der Waals surface area contributed by atoms with Crippen molar-refractivity contribution in [2.75, 3.05) is 26.7 Å². The van der Waals surface area contributed by atoms with Crippen molar-refractivity contribution in [2.24, 2.45) is 5.92 Å². The molecule has 1 aromatic heterocycles. The van der Waals surface area contributed by atoms with Crippen LogP contribution in [0.1, 0.15) is 52.2 Å². The number of ether oxygens (including phenoxy) is 2. The molecule has 6 nitrogen and oxygen atoms in total. The normalized spacial score (nSPS) is 23.1. The number of carbonyl (C=O) groups excluding carboxylic acids is 2. The summed E-state index contributed by atoms with van der Waals surface area (Å²) in [6, 6.07) is 15.7. The molecule has 0 spiro atoms. The molecule has 2 aliphatic rings. The van der Waals surface area contributed by atoms with Gasteiger partial charge >= 0.3 is 5.97 Å². The van der Waals surface area contributed by atoms with E-state index in [4.69, 9.17) is 9.47 Å². The summed E-state index contributed by atoms with van der Waals surface area (Å²) in [4.78, 5) is 27.9. The van der Waals surface area contributed by atoms with Gasteiger partial charge in [0.2, 0.25) is 0 Å². The number of hydrogen-bond donors (Lipinski definition) is 0. The molecule has 3 atom stereocenters. The Hall–Kier alpha value is -2.96. The van der Waals surface area contributed by atoms with Crippen molar-refractivity contribution in [3.63, 3.8) is 0 Å². The van der Waals surface area contributed by atoms with Crippen molar-refractivity contribution in [3.05, 3.63) is 70.9 Å². The molecular weight excluding hydrogens is 428 g/mol. The first kappa shape index (κ1) is 22.8. The Balaban J connectivity index is 1.43. The molecule has 3 aromatic rings. The molecule has 0 saturated carbocycles. The van der Waals surface area contributed by atoms with E-state index in [1.165, 1.54) is 7.11 Å². The molecule has 1 fully saturated rings. The highest BCUT2D eigenvalue weighted by Gasteiger charge is 2.35. The number of hydrogen-bond acceptors (Lipinski definition) is 5. The highest BCUT2D eigenvalue weighted by atomic mass is 16.5. The Morgan fingerprint density at radius 1 is 1.06 bits per heavy atom. The van der Waals surface area contributed by atoms with Gasteiger partial charge in [0.1, 0.15) is 0 Å². The lowest BCUT2D eigenvalue weighted by molar-refractivity contribution is -0.0707. The van der Waals surface area contributed by atoms with Crippen LogP contribution >= 0.6 is 0 Å². The van der Waals surface area contributed by atoms with Crippen LogP contribution in [0.15, 0.2) is 48.5 Å². The number of morpholine rings is 1. The molecule has 0 N–H and O–H groups in total. The predicted octanol–water partition coefficient (Wildman–Crippen LogP) is 4.33. The van der Waals surface area contributed by atoms with E-state index in [1.807, 2.05) is 24.3 Å². The molecule has 5 rings (SSSR count). The van der Waals surface area contributed by atoms with E-state index >= 15 is 0 Å². The van der Waals surface area contributed by atoms with Gasteiger partial charge in [-0.25, -0.2) is 4.79 Å². The highest BCUT2D eigenvalue weighted by Crippen LogP contribution is 2.35. The minimum absolute atomic E-state index is 0.0172. The first-order valence-electron chi connectivity index (χ1n) is 12.1. The molecular formula is C28H32N2O4. The van der Waals surface area contributed by atoms with Crippen LogP contribution in [0.3, 0.4) is 0 Å². The van der Waals surface area contributed by atoms with Gasteiger partial charge in [-0.15, -0.1) is 0 Å². The second kappa shape index (κ2) is 9.35. The van der Waals surface area contributed by atoms with Gasteiger partial charge in [-0.3, -0.25) is 9.69 Å². The third kappa shape index (κ3) is 4.28. The Labute approximate surface area is 200 Å². The number of carbonyl (C=O) groups is 2. The fourth-order valence-electron chi connectivity index (χ4n) is 5.68. The summed E-state index contributed by atoms with van der Waals surface area (Å²) in [5, 5.41) is 1.04.